The lowest BCUT2D eigenvalue weighted by molar-refractivity contribution is -0.145. The number of hydrogen-bond acceptors (Lipinski definition) is 6. The van der Waals surface area contributed by atoms with Gasteiger partial charge in [0.2, 0.25) is 0 Å². The second kappa shape index (κ2) is 13.5. The Kier molecular flexibility index (Phi) is 10.7. The molecule has 0 unspecified atom stereocenters. The Morgan fingerprint density at radius 3 is 2.38 bits per heavy atom. The molecule has 6 nitrogen and oxygen atoms in total. The molecule has 0 aliphatic heterocycles. The smallest absolute Gasteiger partial charge is 0.311 e. The lowest BCUT2D eigenvalue weighted by Crippen LogP contribution is -2.20. The van der Waals surface area contributed by atoms with Gasteiger partial charge in [0.25, 0.3) is 0 Å². The van der Waals surface area contributed by atoms with Crippen LogP contribution in [-0.4, -0.2) is 44.1 Å². The molecule has 0 aromatic heterocycles. The third-order valence-electron chi connectivity index (χ3n) is 4.90. The van der Waals surface area contributed by atoms with E-state index in [4.69, 9.17) is 14.2 Å². The van der Waals surface area contributed by atoms with Crippen molar-refractivity contribution in [1.29, 1.82) is 0 Å². The van der Waals surface area contributed by atoms with Crippen LogP contribution in [0.3, 0.4) is 0 Å². The molecule has 0 N–H and O–H groups in total. The van der Waals surface area contributed by atoms with E-state index in [1.54, 1.807) is 0 Å². The molecule has 2 aromatic carbocycles. The van der Waals surface area contributed by atoms with Gasteiger partial charge in [-0.25, -0.2) is 0 Å². The molecule has 0 saturated carbocycles. The molecule has 0 atom stereocenters. The summed E-state index contributed by atoms with van der Waals surface area (Å²) in [5, 5.41) is 0. The molecular formula is C26H35NO5. The number of aryl methyl sites for hydroxylation is 2. The first-order chi connectivity index (χ1) is 15.4. The van der Waals surface area contributed by atoms with Crippen LogP contribution in [0.4, 0.5) is 0 Å². The summed E-state index contributed by atoms with van der Waals surface area (Å²) >= 11 is 0. The van der Waals surface area contributed by atoms with Crippen molar-refractivity contribution in [2.75, 3.05) is 27.2 Å². The lowest BCUT2D eigenvalue weighted by Gasteiger charge is -2.16. The number of carbonyl (C=O) groups is 2. The second-order valence-corrected chi connectivity index (χ2v) is 8.10. The quantitative estimate of drug-likeness (QED) is 0.331. The predicted octanol–water partition coefficient (Wildman–Crippen LogP) is 4.71. The van der Waals surface area contributed by atoms with E-state index in [1.165, 1.54) is 0 Å². The highest BCUT2D eigenvalue weighted by Crippen LogP contribution is 2.30. The first kappa shape index (κ1) is 25.4. The van der Waals surface area contributed by atoms with Crippen LogP contribution in [-0.2, 0) is 27.4 Å². The van der Waals surface area contributed by atoms with E-state index in [1.807, 2.05) is 63.5 Å². The number of hydrogen-bond donors (Lipinski definition) is 0. The van der Waals surface area contributed by atoms with Crippen molar-refractivity contribution < 1.29 is 23.8 Å². The molecule has 174 valence electrons. The highest BCUT2D eigenvalue weighted by Gasteiger charge is 2.14. The van der Waals surface area contributed by atoms with E-state index in [2.05, 4.69) is 11.8 Å². The van der Waals surface area contributed by atoms with E-state index >= 15 is 0 Å². The van der Waals surface area contributed by atoms with E-state index in [-0.39, 0.29) is 31.4 Å². The van der Waals surface area contributed by atoms with E-state index in [0.29, 0.717) is 18.8 Å². The van der Waals surface area contributed by atoms with Gasteiger partial charge in [-0.3, -0.25) is 9.59 Å². The molecule has 0 bridgehead atoms. The molecule has 6 heteroatoms. The van der Waals surface area contributed by atoms with Crippen LogP contribution in [0.5, 0.6) is 11.5 Å². The van der Waals surface area contributed by atoms with Crippen molar-refractivity contribution in [2.45, 2.75) is 52.6 Å². The lowest BCUT2D eigenvalue weighted by atomic mass is 10.1. The number of nitrogens with zero attached hydrogens (tertiary/aromatic N) is 1. The van der Waals surface area contributed by atoms with Crippen LogP contribution >= 0.6 is 0 Å². The number of esters is 2. The van der Waals surface area contributed by atoms with E-state index in [0.717, 1.165) is 41.8 Å². The minimum absolute atomic E-state index is 0.157. The van der Waals surface area contributed by atoms with Crippen molar-refractivity contribution in [3.05, 3.63) is 59.2 Å². The normalized spacial score (nSPS) is 10.8. The van der Waals surface area contributed by atoms with Gasteiger partial charge in [-0.05, 0) is 62.7 Å². The monoisotopic (exact) mass is 441 g/mol. The molecule has 2 aromatic rings. The first-order valence-corrected chi connectivity index (χ1v) is 11.2. The summed E-state index contributed by atoms with van der Waals surface area (Å²) in [6, 6.07) is 13.3. The molecule has 2 rings (SSSR count). The second-order valence-electron chi connectivity index (χ2n) is 8.10. The van der Waals surface area contributed by atoms with Crippen molar-refractivity contribution in [3.8, 4) is 11.5 Å². The first-order valence-electron chi connectivity index (χ1n) is 11.2. The zero-order valence-electron chi connectivity index (χ0n) is 19.7. The standard InChI is InChI=1S/C26H35NO5/c1-5-10-22-18-23(20(2)17-24(22)30-16-15-27(3)4)32-26(29)14-9-13-25(28)31-19-21-11-7-6-8-12-21/h6-8,11-12,17-18H,5,9-10,13-16,19H2,1-4H3. The van der Waals surface area contributed by atoms with Gasteiger partial charge in [-0.2, -0.15) is 0 Å². The van der Waals surface area contributed by atoms with Crippen LogP contribution in [0.2, 0.25) is 0 Å². The Balaban J connectivity index is 1.83. The summed E-state index contributed by atoms with van der Waals surface area (Å²) in [5.41, 5.74) is 2.82. The van der Waals surface area contributed by atoms with Crippen LogP contribution in [0.1, 0.15) is 49.3 Å². The summed E-state index contributed by atoms with van der Waals surface area (Å²) in [5.74, 6) is 0.715. The summed E-state index contributed by atoms with van der Waals surface area (Å²) < 4.78 is 16.8. The third kappa shape index (κ3) is 9.10. The number of carbonyl (C=O) groups excluding carboxylic acids is 2. The molecule has 0 spiro atoms. The Bertz CT molecular complexity index is 864. The maximum absolute atomic E-state index is 12.3. The van der Waals surface area contributed by atoms with Crippen LogP contribution in [0, 0.1) is 6.92 Å². The fraction of sp³-hybridized carbons (Fsp3) is 0.462. The highest BCUT2D eigenvalue weighted by atomic mass is 16.5. The van der Waals surface area contributed by atoms with Crippen molar-refractivity contribution >= 4 is 11.9 Å². The molecule has 0 aliphatic carbocycles. The van der Waals surface area contributed by atoms with E-state index < -0.39 is 0 Å². The molecule has 0 heterocycles. The van der Waals surface area contributed by atoms with Gasteiger partial charge in [0.05, 0.1) is 0 Å². The van der Waals surface area contributed by atoms with Gasteiger partial charge in [-0.1, -0.05) is 43.7 Å². The highest BCUT2D eigenvalue weighted by molar-refractivity contribution is 5.74. The molecule has 32 heavy (non-hydrogen) atoms. The van der Waals surface area contributed by atoms with Gasteiger partial charge in [0.15, 0.2) is 0 Å². The Morgan fingerprint density at radius 2 is 1.69 bits per heavy atom. The fourth-order valence-corrected chi connectivity index (χ4v) is 3.11. The summed E-state index contributed by atoms with van der Waals surface area (Å²) in [6.45, 7) is 5.67. The Hall–Kier alpha value is -2.86. The largest absolute Gasteiger partial charge is 0.492 e. The van der Waals surface area contributed by atoms with Gasteiger partial charge in [0.1, 0.15) is 24.7 Å². The maximum atomic E-state index is 12.3. The number of likely N-dealkylation sites (N-methyl/N-ethyl adjacent to an activating group) is 1. The van der Waals surface area contributed by atoms with Gasteiger partial charge < -0.3 is 19.1 Å². The zero-order valence-corrected chi connectivity index (χ0v) is 19.7. The minimum atomic E-state index is -0.354. The van der Waals surface area contributed by atoms with Gasteiger partial charge in [0, 0.05) is 19.4 Å². The number of rotatable bonds is 13. The topological polar surface area (TPSA) is 65.1 Å². The van der Waals surface area contributed by atoms with Gasteiger partial charge in [-0.15, -0.1) is 0 Å². The fourth-order valence-electron chi connectivity index (χ4n) is 3.11. The minimum Gasteiger partial charge on any atom is -0.492 e. The average molecular weight is 442 g/mol. The van der Waals surface area contributed by atoms with Crippen molar-refractivity contribution in [1.82, 2.24) is 4.90 Å². The van der Waals surface area contributed by atoms with Crippen LogP contribution in [0.15, 0.2) is 42.5 Å². The molecule has 0 fully saturated rings. The molecule has 0 aliphatic rings. The van der Waals surface area contributed by atoms with Crippen LogP contribution < -0.4 is 9.47 Å². The molecule has 0 radical (unpaired) electrons. The third-order valence-corrected chi connectivity index (χ3v) is 4.90. The summed E-state index contributed by atoms with van der Waals surface area (Å²) in [6.07, 6.45) is 2.53. The Labute approximate surface area is 191 Å². The molecule has 0 saturated heterocycles. The Morgan fingerprint density at radius 1 is 0.969 bits per heavy atom. The molecular weight excluding hydrogens is 406 g/mol. The number of benzene rings is 2. The zero-order chi connectivity index (χ0) is 23.3. The maximum Gasteiger partial charge on any atom is 0.311 e. The summed E-state index contributed by atoms with van der Waals surface area (Å²) in [7, 11) is 4.01. The summed E-state index contributed by atoms with van der Waals surface area (Å²) in [4.78, 5) is 26.3. The number of ether oxygens (including phenoxy) is 3. The SMILES string of the molecule is CCCc1cc(OC(=O)CCCC(=O)OCc2ccccc2)c(C)cc1OCCN(C)C. The van der Waals surface area contributed by atoms with Gasteiger partial charge >= 0.3 is 11.9 Å². The van der Waals surface area contributed by atoms with Crippen LogP contribution in [0.25, 0.3) is 0 Å². The van der Waals surface area contributed by atoms with Crippen molar-refractivity contribution in [2.24, 2.45) is 0 Å². The van der Waals surface area contributed by atoms with Crippen molar-refractivity contribution in [3.63, 3.8) is 0 Å². The average Bonchev–Trinajstić information content (AvgIpc) is 2.76. The molecule has 0 amide bonds. The van der Waals surface area contributed by atoms with E-state index in [9.17, 15) is 9.59 Å². The predicted molar refractivity (Wildman–Crippen MR) is 125 cm³/mol.